The molecule has 0 bridgehead atoms. The molecule has 1 amide bonds. The number of fused-ring (bicyclic) bond motifs is 1. The van der Waals surface area contributed by atoms with Crippen molar-refractivity contribution in [2.75, 3.05) is 6.54 Å². The number of aliphatic hydroxyl groups is 1. The fourth-order valence-electron chi connectivity index (χ4n) is 3.47. The Bertz CT molecular complexity index is 979. The van der Waals surface area contributed by atoms with Gasteiger partial charge in [0.1, 0.15) is 11.5 Å². The minimum atomic E-state index is -0.952. The van der Waals surface area contributed by atoms with Gasteiger partial charge in [0.2, 0.25) is 5.76 Å². The Hall–Kier alpha value is -2.99. The van der Waals surface area contributed by atoms with Crippen LogP contribution in [0.4, 0.5) is 4.39 Å². The lowest BCUT2D eigenvalue weighted by molar-refractivity contribution is 0.0684. The van der Waals surface area contributed by atoms with Crippen LogP contribution in [-0.4, -0.2) is 27.6 Å². The van der Waals surface area contributed by atoms with E-state index in [9.17, 15) is 14.3 Å². The van der Waals surface area contributed by atoms with Gasteiger partial charge in [0, 0.05) is 18.7 Å². The van der Waals surface area contributed by atoms with Gasteiger partial charge in [-0.3, -0.25) is 4.79 Å². The van der Waals surface area contributed by atoms with E-state index in [-0.39, 0.29) is 17.5 Å². The zero-order valence-corrected chi connectivity index (χ0v) is 14.9. The number of aliphatic hydroxyl groups excluding tert-OH is 1. The van der Waals surface area contributed by atoms with Gasteiger partial charge in [0.25, 0.3) is 5.91 Å². The molecule has 1 aromatic heterocycles. The maximum Gasteiger partial charge on any atom is 0.293 e. The number of amides is 1. The van der Waals surface area contributed by atoms with Gasteiger partial charge in [0.15, 0.2) is 0 Å². The second-order valence-corrected chi connectivity index (χ2v) is 6.70. The highest BCUT2D eigenvalue weighted by Crippen LogP contribution is 2.32. The molecule has 4 rings (SSSR count). The van der Waals surface area contributed by atoms with Gasteiger partial charge in [-0.15, -0.1) is 0 Å². The van der Waals surface area contributed by atoms with E-state index in [0.717, 1.165) is 12.0 Å². The van der Waals surface area contributed by atoms with Crippen LogP contribution in [0, 0.1) is 5.82 Å². The molecule has 6 heteroatoms. The van der Waals surface area contributed by atoms with Crippen molar-refractivity contribution < 1.29 is 18.8 Å². The highest BCUT2D eigenvalue weighted by molar-refractivity contribution is 5.94. The van der Waals surface area contributed by atoms with Crippen LogP contribution in [0.5, 0.6) is 0 Å². The molecule has 0 saturated heterocycles. The summed E-state index contributed by atoms with van der Waals surface area (Å²) >= 11 is 0. The molecule has 1 N–H and O–H groups in total. The van der Waals surface area contributed by atoms with Gasteiger partial charge in [-0.05, 0) is 48.7 Å². The van der Waals surface area contributed by atoms with E-state index in [1.165, 1.54) is 17.7 Å². The van der Waals surface area contributed by atoms with Crippen molar-refractivity contribution in [2.45, 2.75) is 26.0 Å². The van der Waals surface area contributed by atoms with Crippen LogP contribution >= 0.6 is 0 Å². The summed E-state index contributed by atoms with van der Waals surface area (Å²) in [5.74, 6) is -0.644. The highest BCUT2D eigenvalue weighted by Gasteiger charge is 2.31. The van der Waals surface area contributed by atoms with Gasteiger partial charge < -0.3 is 14.5 Å². The van der Waals surface area contributed by atoms with E-state index in [4.69, 9.17) is 4.52 Å². The largest absolute Gasteiger partial charge is 0.388 e. The van der Waals surface area contributed by atoms with Gasteiger partial charge in [-0.25, -0.2) is 4.39 Å². The molecule has 0 spiro atoms. The number of halogens is 1. The maximum absolute atomic E-state index is 13.2. The first-order valence-corrected chi connectivity index (χ1v) is 8.84. The van der Waals surface area contributed by atoms with Crippen LogP contribution in [0.2, 0.25) is 0 Å². The number of rotatable bonds is 3. The Balaban J connectivity index is 1.68. The molecule has 0 radical (unpaired) electrons. The number of hydrogen-bond acceptors (Lipinski definition) is 4. The molecule has 0 aliphatic carbocycles. The molecule has 1 aliphatic rings. The molecule has 1 unspecified atom stereocenters. The number of aromatic nitrogens is 1. The van der Waals surface area contributed by atoms with Crippen LogP contribution in [0.3, 0.4) is 0 Å². The number of hydrogen-bond donors (Lipinski definition) is 1. The predicted molar refractivity (Wildman–Crippen MR) is 97.4 cm³/mol. The first-order valence-electron chi connectivity index (χ1n) is 8.84. The number of carbonyl (C=O) groups is 1. The van der Waals surface area contributed by atoms with Crippen LogP contribution < -0.4 is 0 Å². The molecule has 3 aromatic rings. The molecule has 0 saturated carbocycles. The average molecular weight is 366 g/mol. The molecular weight excluding hydrogens is 347 g/mol. The summed E-state index contributed by atoms with van der Waals surface area (Å²) in [6, 6.07) is 13.7. The molecule has 0 fully saturated rings. The lowest BCUT2D eigenvalue weighted by Crippen LogP contribution is -2.36. The third-order valence-corrected chi connectivity index (χ3v) is 4.88. The van der Waals surface area contributed by atoms with Crippen molar-refractivity contribution in [3.8, 4) is 11.3 Å². The molecule has 138 valence electrons. The Morgan fingerprint density at radius 1 is 1.19 bits per heavy atom. The van der Waals surface area contributed by atoms with E-state index in [2.05, 4.69) is 11.2 Å². The van der Waals surface area contributed by atoms with Crippen molar-refractivity contribution in [1.82, 2.24) is 10.1 Å². The summed E-state index contributed by atoms with van der Waals surface area (Å²) in [4.78, 5) is 14.8. The average Bonchev–Trinajstić information content (AvgIpc) is 3.13. The summed E-state index contributed by atoms with van der Waals surface area (Å²) in [7, 11) is 0. The van der Waals surface area contributed by atoms with Gasteiger partial charge in [-0.2, -0.15) is 0 Å². The van der Waals surface area contributed by atoms with Crippen LogP contribution in [-0.2, 0) is 13.0 Å². The van der Waals surface area contributed by atoms with Gasteiger partial charge in [-0.1, -0.05) is 29.4 Å². The second-order valence-electron chi connectivity index (χ2n) is 6.70. The van der Waals surface area contributed by atoms with Crippen molar-refractivity contribution in [3.63, 3.8) is 0 Å². The summed E-state index contributed by atoms with van der Waals surface area (Å²) < 4.78 is 18.6. The van der Waals surface area contributed by atoms with Gasteiger partial charge in [0.05, 0.1) is 11.7 Å². The smallest absolute Gasteiger partial charge is 0.293 e. The van der Waals surface area contributed by atoms with E-state index >= 15 is 0 Å². The quantitative estimate of drug-likeness (QED) is 0.767. The summed E-state index contributed by atoms with van der Waals surface area (Å²) in [6.07, 6.45) is -0.183. The summed E-state index contributed by atoms with van der Waals surface area (Å²) in [5.41, 5.74) is 3.60. The predicted octanol–water partition coefficient (Wildman–Crippen LogP) is 3.73. The minimum absolute atomic E-state index is 0.0312. The highest BCUT2D eigenvalue weighted by atomic mass is 19.1. The zero-order chi connectivity index (χ0) is 19.0. The maximum atomic E-state index is 13.2. The Morgan fingerprint density at radius 3 is 2.59 bits per heavy atom. The fourth-order valence-corrected chi connectivity index (χ4v) is 3.47. The van der Waals surface area contributed by atoms with E-state index in [1.807, 2.05) is 18.2 Å². The second kappa shape index (κ2) is 6.96. The number of nitrogens with zero attached hydrogens (tertiary/aromatic N) is 2. The molecule has 2 heterocycles. The van der Waals surface area contributed by atoms with Crippen molar-refractivity contribution in [2.24, 2.45) is 0 Å². The van der Waals surface area contributed by atoms with E-state index in [1.54, 1.807) is 24.0 Å². The molecule has 1 atom stereocenters. The SMILES string of the molecule is CC(O)c1c(-c2ccc(F)cc2)noc1C(=O)N1CCc2ccccc2C1. The Kier molecular flexibility index (Phi) is 4.49. The Morgan fingerprint density at radius 2 is 1.89 bits per heavy atom. The van der Waals surface area contributed by atoms with Crippen LogP contribution in [0.15, 0.2) is 53.1 Å². The third-order valence-electron chi connectivity index (χ3n) is 4.88. The molecule has 1 aliphatic heterocycles. The summed E-state index contributed by atoms with van der Waals surface area (Å²) in [6.45, 7) is 2.62. The Labute approximate surface area is 156 Å². The fraction of sp³-hybridized carbons (Fsp3) is 0.238. The summed E-state index contributed by atoms with van der Waals surface area (Å²) in [5, 5.41) is 14.2. The topological polar surface area (TPSA) is 66.6 Å². The molecule has 5 nitrogen and oxygen atoms in total. The lowest BCUT2D eigenvalue weighted by atomic mass is 9.98. The zero-order valence-electron chi connectivity index (χ0n) is 14.9. The molecule has 2 aromatic carbocycles. The lowest BCUT2D eigenvalue weighted by Gasteiger charge is -2.28. The van der Waals surface area contributed by atoms with Crippen molar-refractivity contribution in [1.29, 1.82) is 0 Å². The van der Waals surface area contributed by atoms with E-state index in [0.29, 0.717) is 29.9 Å². The molecule has 27 heavy (non-hydrogen) atoms. The van der Waals surface area contributed by atoms with Crippen molar-refractivity contribution >= 4 is 5.91 Å². The van der Waals surface area contributed by atoms with Crippen LogP contribution in [0.25, 0.3) is 11.3 Å². The standard InChI is InChI=1S/C21H19FN2O3/c1-13(25)18-19(15-6-8-17(22)9-7-15)23-27-20(18)21(26)24-11-10-14-4-2-3-5-16(14)12-24/h2-9,13,25H,10-12H2,1H3. The first-order chi connectivity index (χ1) is 13.0. The number of benzene rings is 2. The van der Waals surface area contributed by atoms with E-state index < -0.39 is 6.10 Å². The van der Waals surface area contributed by atoms with Crippen molar-refractivity contribution in [3.05, 3.63) is 76.8 Å². The minimum Gasteiger partial charge on any atom is -0.388 e. The molecular formula is C21H19FN2O3. The third kappa shape index (κ3) is 3.24. The monoisotopic (exact) mass is 366 g/mol. The first kappa shape index (κ1) is 17.4. The van der Waals surface area contributed by atoms with Crippen LogP contribution in [0.1, 0.15) is 40.3 Å². The normalized spacial score (nSPS) is 14.7. The van der Waals surface area contributed by atoms with Gasteiger partial charge >= 0.3 is 0 Å². The number of carbonyl (C=O) groups excluding carboxylic acids is 1.